The standard InChI is InChI=1S/C56H107NO5/c1-3-5-7-9-11-13-15-17-19-21-22-23-24-25-27-29-32-36-40-44-48-54(59)53(52-58)57-55(60)49-45-41-37-33-31-35-39-43-47-51-62-56(61)50-46-42-38-34-30-28-26-20-18-16-14-12-10-8-6-4-2/h20,26,33,37,53-54,58-59H,3-19,21-25,27-32,34-36,38-52H2,1-2H3,(H,57,60)/b26-20-,37-33-. The molecule has 0 spiro atoms. The Hall–Kier alpha value is -1.66. The van der Waals surface area contributed by atoms with Crippen molar-refractivity contribution >= 4 is 11.9 Å². The summed E-state index contributed by atoms with van der Waals surface area (Å²) in [4.78, 5) is 24.5. The van der Waals surface area contributed by atoms with Crippen LogP contribution in [0.2, 0.25) is 0 Å². The lowest BCUT2D eigenvalue weighted by atomic mass is 10.0. The third-order valence-corrected chi connectivity index (χ3v) is 12.7. The van der Waals surface area contributed by atoms with Crippen LogP contribution >= 0.6 is 0 Å². The van der Waals surface area contributed by atoms with Gasteiger partial charge < -0.3 is 20.3 Å². The van der Waals surface area contributed by atoms with E-state index >= 15 is 0 Å². The maximum atomic E-state index is 12.5. The van der Waals surface area contributed by atoms with Crippen molar-refractivity contribution in [3.05, 3.63) is 24.3 Å². The summed E-state index contributed by atoms with van der Waals surface area (Å²) < 4.78 is 5.44. The van der Waals surface area contributed by atoms with Gasteiger partial charge in [0, 0.05) is 12.8 Å². The Balaban J connectivity index is 3.53. The number of unbranched alkanes of at least 4 members (excludes halogenated alkanes) is 36. The van der Waals surface area contributed by atoms with Gasteiger partial charge in [-0.1, -0.05) is 237 Å². The van der Waals surface area contributed by atoms with Crippen molar-refractivity contribution < 1.29 is 24.5 Å². The molecule has 62 heavy (non-hydrogen) atoms. The van der Waals surface area contributed by atoms with Gasteiger partial charge in [0.25, 0.3) is 0 Å². The summed E-state index contributed by atoms with van der Waals surface area (Å²) in [5.74, 6) is -0.136. The molecule has 0 saturated heterocycles. The van der Waals surface area contributed by atoms with Crippen molar-refractivity contribution in [3.63, 3.8) is 0 Å². The van der Waals surface area contributed by atoms with Gasteiger partial charge in [-0.05, 0) is 70.6 Å². The first-order valence-electron chi connectivity index (χ1n) is 27.6. The topological polar surface area (TPSA) is 95.9 Å². The van der Waals surface area contributed by atoms with Crippen LogP contribution in [0.1, 0.15) is 296 Å². The number of rotatable bonds is 51. The van der Waals surface area contributed by atoms with Gasteiger partial charge in [-0.25, -0.2) is 0 Å². The van der Waals surface area contributed by atoms with Crippen LogP contribution in [-0.4, -0.2) is 47.4 Å². The lowest BCUT2D eigenvalue weighted by Crippen LogP contribution is -2.45. The number of aliphatic hydroxyl groups excluding tert-OH is 2. The fourth-order valence-electron chi connectivity index (χ4n) is 8.46. The molecule has 0 aromatic rings. The molecule has 0 aliphatic heterocycles. The molecule has 0 bridgehead atoms. The lowest BCUT2D eigenvalue weighted by molar-refractivity contribution is -0.143. The van der Waals surface area contributed by atoms with Crippen molar-refractivity contribution in [2.24, 2.45) is 0 Å². The zero-order chi connectivity index (χ0) is 45.1. The number of amides is 1. The number of aliphatic hydroxyl groups is 2. The number of carbonyl (C=O) groups excluding carboxylic acids is 2. The Morgan fingerprint density at radius 1 is 0.435 bits per heavy atom. The van der Waals surface area contributed by atoms with Crippen LogP contribution in [0.15, 0.2) is 24.3 Å². The van der Waals surface area contributed by atoms with Gasteiger partial charge in [0.1, 0.15) is 0 Å². The molecule has 0 aliphatic rings. The Morgan fingerprint density at radius 3 is 1.18 bits per heavy atom. The van der Waals surface area contributed by atoms with E-state index < -0.39 is 12.1 Å². The first kappa shape index (κ1) is 60.3. The highest BCUT2D eigenvalue weighted by atomic mass is 16.5. The molecule has 0 radical (unpaired) electrons. The molecular formula is C56H107NO5. The maximum absolute atomic E-state index is 12.5. The monoisotopic (exact) mass is 874 g/mol. The van der Waals surface area contributed by atoms with Gasteiger partial charge in [0.05, 0.1) is 25.4 Å². The molecule has 2 atom stereocenters. The van der Waals surface area contributed by atoms with Crippen LogP contribution in [0.25, 0.3) is 0 Å². The molecule has 0 aliphatic carbocycles. The first-order chi connectivity index (χ1) is 30.5. The fourth-order valence-corrected chi connectivity index (χ4v) is 8.46. The highest BCUT2D eigenvalue weighted by Gasteiger charge is 2.20. The first-order valence-corrected chi connectivity index (χ1v) is 27.6. The van der Waals surface area contributed by atoms with E-state index in [1.165, 1.54) is 193 Å². The summed E-state index contributed by atoms with van der Waals surface area (Å²) in [6.45, 7) is 4.87. The highest BCUT2D eigenvalue weighted by Crippen LogP contribution is 2.17. The predicted molar refractivity (Wildman–Crippen MR) is 269 cm³/mol. The second-order valence-corrected chi connectivity index (χ2v) is 18.9. The summed E-state index contributed by atoms with van der Waals surface area (Å²) in [7, 11) is 0. The Morgan fingerprint density at radius 2 is 0.774 bits per heavy atom. The molecule has 3 N–H and O–H groups in total. The number of hydrogen-bond donors (Lipinski definition) is 3. The van der Waals surface area contributed by atoms with Gasteiger partial charge in [0.2, 0.25) is 5.91 Å². The quantitative estimate of drug-likeness (QED) is 0.0321. The Bertz CT molecular complexity index is 966. The van der Waals surface area contributed by atoms with E-state index in [2.05, 4.69) is 43.5 Å². The minimum Gasteiger partial charge on any atom is -0.466 e. The second-order valence-electron chi connectivity index (χ2n) is 18.9. The van der Waals surface area contributed by atoms with Crippen molar-refractivity contribution in [2.75, 3.05) is 13.2 Å². The van der Waals surface area contributed by atoms with Crippen LogP contribution in [-0.2, 0) is 14.3 Å². The number of ether oxygens (including phenoxy) is 1. The van der Waals surface area contributed by atoms with Crippen LogP contribution in [0.4, 0.5) is 0 Å². The van der Waals surface area contributed by atoms with Crippen molar-refractivity contribution in [1.29, 1.82) is 0 Å². The molecule has 0 aromatic carbocycles. The molecule has 0 heterocycles. The van der Waals surface area contributed by atoms with Gasteiger partial charge >= 0.3 is 5.97 Å². The summed E-state index contributed by atoms with van der Waals surface area (Å²) >= 11 is 0. The molecular weight excluding hydrogens is 767 g/mol. The summed E-state index contributed by atoms with van der Waals surface area (Å²) in [6, 6.07) is -0.580. The molecule has 0 fully saturated rings. The molecule has 2 unspecified atom stereocenters. The number of esters is 1. The van der Waals surface area contributed by atoms with E-state index in [-0.39, 0.29) is 18.5 Å². The lowest BCUT2D eigenvalue weighted by Gasteiger charge is -2.22. The molecule has 6 heteroatoms. The fraction of sp³-hybridized carbons (Fsp3) is 0.893. The Labute approximate surface area is 386 Å². The summed E-state index contributed by atoms with van der Waals surface area (Å²) in [5, 5.41) is 23.2. The normalized spacial score (nSPS) is 12.8. The van der Waals surface area contributed by atoms with Crippen LogP contribution in [0.5, 0.6) is 0 Å². The van der Waals surface area contributed by atoms with Crippen LogP contribution < -0.4 is 5.32 Å². The molecule has 1 amide bonds. The molecule has 0 rings (SSSR count). The molecule has 0 aromatic heterocycles. The number of carbonyl (C=O) groups is 2. The smallest absolute Gasteiger partial charge is 0.305 e. The third kappa shape index (κ3) is 47.8. The average molecular weight is 874 g/mol. The summed E-state index contributed by atoms with van der Waals surface area (Å²) in [6.07, 6.45) is 61.7. The van der Waals surface area contributed by atoms with E-state index in [1.807, 2.05) is 0 Å². The molecule has 0 saturated carbocycles. The van der Waals surface area contributed by atoms with E-state index in [0.29, 0.717) is 25.9 Å². The third-order valence-electron chi connectivity index (χ3n) is 12.7. The van der Waals surface area contributed by atoms with E-state index in [0.717, 1.165) is 70.6 Å². The van der Waals surface area contributed by atoms with E-state index in [1.54, 1.807) is 0 Å². The van der Waals surface area contributed by atoms with Gasteiger partial charge in [-0.15, -0.1) is 0 Å². The predicted octanol–water partition coefficient (Wildman–Crippen LogP) is 16.7. The minimum atomic E-state index is -0.696. The van der Waals surface area contributed by atoms with Gasteiger partial charge in [-0.2, -0.15) is 0 Å². The second kappa shape index (κ2) is 52.0. The maximum Gasteiger partial charge on any atom is 0.305 e. The average Bonchev–Trinajstić information content (AvgIpc) is 3.27. The van der Waals surface area contributed by atoms with E-state index in [9.17, 15) is 19.8 Å². The number of nitrogens with one attached hydrogen (secondary N) is 1. The Kier molecular flexibility index (Phi) is 50.6. The minimum absolute atomic E-state index is 0.0425. The zero-order valence-corrected chi connectivity index (χ0v) is 41.6. The largest absolute Gasteiger partial charge is 0.466 e. The number of allylic oxidation sites excluding steroid dienone is 4. The number of hydrogen-bond acceptors (Lipinski definition) is 5. The van der Waals surface area contributed by atoms with Gasteiger partial charge in [0.15, 0.2) is 0 Å². The van der Waals surface area contributed by atoms with E-state index in [4.69, 9.17) is 4.74 Å². The van der Waals surface area contributed by atoms with Crippen LogP contribution in [0.3, 0.4) is 0 Å². The highest BCUT2D eigenvalue weighted by molar-refractivity contribution is 5.76. The van der Waals surface area contributed by atoms with Crippen molar-refractivity contribution in [1.82, 2.24) is 5.32 Å². The molecule has 6 nitrogen and oxygen atoms in total. The molecule has 366 valence electrons. The zero-order valence-electron chi connectivity index (χ0n) is 41.6. The van der Waals surface area contributed by atoms with Gasteiger partial charge in [-0.3, -0.25) is 9.59 Å². The summed E-state index contributed by atoms with van der Waals surface area (Å²) in [5.41, 5.74) is 0. The van der Waals surface area contributed by atoms with Crippen molar-refractivity contribution in [3.8, 4) is 0 Å². The van der Waals surface area contributed by atoms with Crippen LogP contribution in [0, 0.1) is 0 Å². The van der Waals surface area contributed by atoms with Crippen molar-refractivity contribution in [2.45, 2.75) is 309 Å². The SMILES string of the molecule is CCCCCCCCC/C=C\CCCCCCCC(=O)OCCCCCC/C=C\CCCC(=O)NC(CO)C(O)CCCCCCCCCCCCCCCCCCCCCC.